The number of hydrogen-bond donors (Lipinski definition) is 3. The first-order valence-corrected chi connectivity index (χ1v) is 9.19. The number of fused-ring (bicyclic) bond motifs is 6. The number of aliphatic hydroxyl groups is 1. The molecular formula is C21H18O8. The predicted octanol–water partition coefficient (Wildman–Crippen LogP) is 2.20. The topological polar surface area (TPSA) is 123 Å². The van der Waals surface area contributed by atoms with Crippen molar-refractivity contribution in [1.82, 2.24) is 0 Å². The molecule has 0 spiro atoms. The summed E-state index contributed by atoms with van der Waals surface area (Å²) in [6.07, 6.45) is -0.931. The van der Waals surface area contributed by atoms with E-state index in [2.05, 4.69) is 0 Å². The summed E-state index contributed by atoms with van der Waals surface area (Å²) in [6, 6.07) is 3.82. The number of rotatable bonds is 1. The van der Waals surface area contributed by atoms with Crippen molar-refractivity contribution in [2.75, 3.05) is 7.11 Å². The summed E-state index contributed by atoms with van der Waals surface area (Å²) in [7, 11) is 1.32. The lowest BCUT2D eigenvalue weighted by Gasteiger charge is -2.46. The van der Waals surface area contributed by atoms with Gasteiger partial charge in [0.25, 0.3) is 0 Å². The van der Waals surface area contributed by atoms with Crippen LogP contribution in [0.1, 0.15) is 63.3 Å². The van der Waals surface area contributed by atoms with Crippen LogP contribution in [0, 0.1) is 0 Å². The van der Waals surface area contributed by atoms with Crippen LogP contribution in [-0.4, -0.2) is 45.9 Å². The maximum absolute atomic E-state index is 13.3. The third-order valence-corrected chi connectivity index (χ3v) is 5.78. The summed E-state index contributed by atoms with van der Waals surface area (Å²) in [5.74, 6) is -2.63. The molecule has 150 valence electrons. The molecule has 5 rings (SSSR count). The van der Waals surface area contributed by atoms with Crippen LogP contribution in [0.4, 0.5) is 0 Å². The molecule has 0 unspecified atom stereocenters. The van der Waals surface area contributed by atoms with Gasteiger partial charge in [0.2, 0.25) is 11.6 Å². The van der Waals surface area contributed by atoms with Crippen LogP contribution in [0.3, 0.4) is 0 Å². The van der Waals surface area contributed by atoms with Crippen LogP contribution in [0.25, 0.3) is 0 Å². The molecule has 2 bridgehead atoms. The molecule has 0 radical (unpaired) electrons. The minimum absolute atomic E-state index is 0.0165. The van der Waals surface area contributed by atoms with Crippen molar-refractivity contribution in [1.29, 1.82) is 0 Å². The number of phenols is 2. The normalized spacial score (nSPS) is 26.9. The van der Waals surface area contributed by atoms with Crippen LogP contribution >= 0.6 is 0 Å². The molecule has 2 aromatic rings. The van der Waals surface area contributed by atoms with E-state index < -0.39 is 35.3 Å². The number of hydrogen-bond acceptors (Lipinski definition) is 8. The van der Waals surface area contributed by atoms with Crippen LogP contribution in [0.5, 0.6) is 23.0 Å². The number of benzene rings is 2. The largest absolute Gasteiger partial charge is 0.508 e. The van der Waals surface area contributed by atoms with E-state index in [1.165, 1.54) is 25.3 Å². The number of aliphatic hydroxyl groups excluding tert-OH is 1. The third kappa shape index (κ3) is 2.33. The van der Waals surface area contributed by atoms with Gasteiger partial charge in [-0.05, 0) is 18.6 Å². The molecule has 0 amide bonds. The smallest absolute Gasteiger partial charge is 0.208 e. The number of carbonyl (C=O) groups is 2. The van der Waals surface area contributed by atoms with Crippen LogP contribution in [0.2, 0.25) is 0 Å². The molecule has 8 heteroatoms. The van der Waals surface area contributed by atoms with Gasteiger partial charge >= 0.3 is 0 Å². The molecule has 0 saturated carbocycles. The molecule has 2 heterocycles. The first-order valence-electron chi connectivity index (χ1n) is 9.19. The Morgan fingerprint density at radius 2 is 1.83 bits per heavy atom. The molecule has 3 aliphatic rings. The molecule has 3 atom stereocenters. The fourth-order valence-corrected chi connectivity index (χ4v) is 4.40. The van der Waals surface area contributed by atoms with E-state index >= 15 is 0 Å². The van der Waals surface area contributed by atoms with Crippen LogP contribution in [-0.2, 0) is 4.74 Å². The van der Waals surface area contributed by atoms with Crippen molar-refractivity contribution in [3.63, 3.8) is 0 Å². The van der Waals surface area contributed by atoms with Crippen LogP contribution in [0.15, 0.2) is 18.2 Å². The lowest BCUT2D eigenvalue weighted by Crippen LogP contribution is -2.48. The van der Waals surface area contributed by atoms with Crippen molar-refractivity contribution in [2.24, 2.45) is 0 Å². The molecular weight excluding hydrogens is 380 g/mol. The maximum atomic E-state index is 13.3. The van der Waals surface area contributed by atoms with Gasteiger partial charge in [-0.25, -0.2) is 0 Å². The summed E-state index contributed by atoms with van der Waals surface area (Å²) in [5, 5.41) is 31.3. The Kier molecular flexibility index (Phi) is 3.54. The van der Waals surface area contributed by atoms with Gasteiger partial charge in [0, 0.05) is 30.5 Å². The zero-order valence-electron chi connectivity index (χ0n) is 15.7. The molecule has 29 heavy (non-hydrogen) atoms. The molecule has 0 aromatic heterocycles. The number of carbonyl (C=O) groups excluding carboxylic acids is 2. The second-order valence-corrected chi connectivity index (χ2v) is 7.67. The molecule has 1 saturated heterocycles. The lowest BCUT2D eigenvalue weighted by molar-refractivity contribution is -0.270. The Morgan fingerprint density at radius 1 is 1.10 bits per heavy atom. The van der Waals surface area contributed by atoms with Crippen LogP contribution < -0.4 is 9.47 Å². The van der Waals surface area contributed by atoms with Gasteiger partial charge in [0.1, 0.15) is 29.1 Å². The maximum Gasteiger partial charge on any atom is 0.208 e. The van der Waals surface area contributed by atoms with Gasteiger partial charge in [-0.15, -0.1) is 0 Å². The van der Waals surface area contributed by atoms with E-state index in [9.17, 15) is 24.9 Å². The Labute approximate surface area is 165 Å². The highest BCUT2D eigenvalue weighted by Crippen LogP contribution is 2.53. The fraction of sp³-hybridized carbons (Fsp3) is 0.333. The highest BCUT2D eigenvalue weighted by Gasteiger charge is 2.49. The zero-order valence-corrected chi connectivity index (χ0v) is 15.7. The number of ether oxygens (including phenoxy) is 3. The second-order valence-electron chi connectivity index (χ2n) is 7.67. The first-order chi connectivity index (χ1) is 13.7. The lowest BCUT2D eigenvalue weighted by atomic mass is 9.80. The average molecular weight is 398 g/mol. The molecule has 2 aliphatic heterocycles. The zero-order chi connectivity index (χ0) is 20.7. The number of methoxy groups -OCH3 is 1. The van der Waals surface area contributed by atoms with Crippen molar-refractivity contribution >= 4 is 11.6 Å². The quantitative estimate of drug-likeness (QED) is 0.570. The SMILES string of the molecule is COc1cc(O)cc2c1C(=O)c1c(cc3c(c1O)[C@@H]1O[C@](C)(CC[C@@H]1O)O3)C2=O. The average Bonchev–Trinajstić information content (AvgIpc) is 2.67. The minimum Gasteiger partial charge on any atom is -0.508 e. The monoisotopic (exact) mass is 398 g/mol. The van der Waals surface area contributed by atoms with E-state index in [1.54, 1.807) is 6.92 Å². The van der Waals surface area contributed by atoms with E-state index in [0.29, 0.717) is 12.8 Å². The van der Waals surface area contributed by atoms with Crippen molar-refractivity contribution < 1.29 is 39.1 Å². The van der Waals surface area contributed by atoms with Crippen molar-refractivity contribution in [2.45, 2.75) is 37.8 Å². The second kappa shape index (κ2) is 5.71. The molecule has 2 aromatic carbocycles. The van der Waals surface area contributed by atoms with E-state index in [0.717, 1.165) is 0 Å². The summed E-state index contributed by atoms with van der Waals surface area (Å²) in [5.41, 5.74) is -0.138. The molecule has 1 fully saturated rings. The Morgan fingerprint density at radius 3 is 2.55 bits per heavy atom. The summed E-state index contributed by atoms with van der Waals surface area (Å²) in [6.45, 7) is 1.72. The van der Waals surface area contributed by atoms with Gasteiger partial charge in [-0.2, -0.15) is 0 Å². The summed E-state index contributed by atoms with van der Waals surface area (Å²) in [4.78, 5) is 26.4. The van der Waals surface area contributed by atoms with E-state index in [-0.39, 0.29) is 45.1 Å². The van der Waals surface area contributed by atoms with Gasteiger partial charge < -0.3 is 29.5 Å². The van der Waals surface area contributed by atoms with Gasteiger partial charge in [0.15, 0.2) is 5.78 Å². The Balaban J connectivity index is 1.78. The third-order valence-electron chi connectivity index (χ3n) is 5.78. The van der Waals surface area contributed by atoms with E-state index in [4.69, 9.17) is 14.2 Å². The summed E-state index contributed by atoms with van der Waals surface area (Å²) < 4.78 is 16.9. The molecule has 8 nitrogen and oxygen atoms in total. The van der Waals surface area contributed by atoms with Crippen molar-refractivity contribution in [3.05, 3.63) is 46.0 Å². The molecule has 3 N–H and O–H groups in total. The fourth-order valence-electron chi connectivity index (χ4n) is 4.40. The highest BCUT2D eigenvalue weighted by molar-refractivity contribution is 6.30. The minimum atomic E-state index is -1.00. The van der Waals surface area contributed by atoms with Gasteiger partial charge in [0.05, 0.1) is 29.9 Å². The van der Waals surface area contributed by atoms with Crippen molar-refractivity contribution in [3.8, 4) is 23.0 Å². The van der Waals surface area contributed by atoms with E-state index in [1.807, 2.05) is 0 Å². The summed E-state index contributed by atoms with van der Waals surface area (Å²) >= 11 is 0. The predicted molar refractivity (Wildman–Crippen MR) is 97.7 cm³/mol. The first kappa shape index (κ1) is 18.0. The standard InChI is InChI=1S/C21H18O8/c1-21-4-3-11(23)20(29-21)16-13(28-21)7-10-15(19(16)26)18(25)14-9(17(10)24)5-8(22)6-12(14)27-2/h5-7,11,20,22-23,26H,3-4H2,1-2H3/t11-,20+,21+/m0/s1. The van der Waals surface area contributed by atoms with Gasteiger partial charge in [-0.1, -0.05) is 0 Å². The number of aromatic hydroxyl groups is 2. The molecule has 1 aliphatic carbocycles. The number of phenolic OH excluding ortho intramolecular Hbond substituents is 2. The van der Waals surface area contributed by atoms with Gasteiger partial charge in [-0.3, -0.25) is 9.59 Å². The number of ketones is 2. The highest BCUT2D eigenvalue weighted by atomic mass is 16.7. The Hall–Kier alpha value is -3.10. The Bertz CT molecular complexity index is 1100.